The summed E-state index contributed by atoms with van der Waals surface area (Å²) in [5.41, 5.74) is 5.81. The summed E-state index contributed by atoms with van der Waals surface area (Å²) in [5, 5.41) is 5.09. The molecular formula is C27H25N3O5. The number of hydrogen-bond acceptors (Lipinski definition) is 6. The fourth-order valence-corrected chi connectivity index (χ4v) is 3.65. The molecule has 0 saturated heterocycles. The van der Waals surface area contributed by atoms with Crippen molar-refractivity contribution in [3.63, 3.8) is 0 Å². The number of methoxy groups -OCH3 is 2. The van der Waals surface area contributed by atoms with Gasteiger partial charge in [0.1, 0.15) is 11.5 Å². The number of aromatic nitrogens is 1. The zero-order valence-corrected chi connectivity index (χ0v) is 19.4. The lowest BCUT2D eigenvalue weighted by atomic mass is 10.1. The lowest BCUT2D eigenvalue weighted by Gasteiger charge is -2.07. The Kier molecular flexibility index (Phi) is 7.42. The molecule has 0 aliphatic carbocycles. The number of nitrogens with one attached hydrogen (secondary N) is 1. The number of rotatable bonds is 9. The van der Waals surface area contributed by atoms with E-state index in [0.29, 0.717) is 23.6 Å². The number of esters is 1. The van der Waals surface area contributed by atoms with Gasteiger partial charge in [0.15, 0.2) is 6.61 Å². The Morgan fingerprint density at radius 2 is 1.74 bits per heavy atom. The zero-order chi connectivity index (χ0) is 24.6. The molecule has 4 aromatic rings. The lowest BCUT2D eigenvalue weighted by molar-refractivity contribution is -0.123. The van der Waals surface area contributed by atoms with Crippen LogP contribution in [0.2, 0.25) is 0 Å². The van der Waals surface area contributed by atoms with Gasteiger partial charge in [-0.3, -0.25) is 4.79 Å². The van der Waals surface area contributed by atoms with Gasteiger partial charge in [0.2, 0.25) is 0 Å². The number of para-hydroxylation sites is 1. The maximum absolute atomic E-state index is 12.1. The molecule has 0 radical (unpaired) electrons. The predicted molar refractivity (Wildman–Crippen MR) is 133 cm³/mol. The summed E-state index contributed by atoms with van der Waals surface area (Å²) in [4.78, 5) is 24.0. The summed E-state index contributed by atoms with van der Waals surface area (Å²) in [6.45, 7) is 0.392. The van der Waals surface area contributed by atoms with E-state index in [0.717, 1.165) is 22.0 Å². The number of amides is 1. The van der Waals surface area contributed by atoms with E-state index in [1.165, 1.54) is 7.11 Å². The van der Waals surface area contributed by atoms with Crippen LogP contribution in [-0.4, -0.2) is 43.5 Å². The number of nitrogens with zero attached hydrogens (tertiary/aromatic N) is 2. The molecule has 0 atom stereocenters. The fraction of sp³-hybridized carbons (Fsp3) is 0.148. The molecule has 1 N–H and O–H groups in total. The molecule has 0 aliphatic heterocycles. The monoisotopic (exact) mass is 471 g/mol. The largest absolute Gasteiger partial charge is 0.497 e. The van der Waals surface area contributed by atoms with Crippen LogP contribution in [0.25, 0.3) is 10.9 Å². The molecule has 178 valence electrons. The van der Waals surface area contributed by atoms with Gasteiger partial charge in [0.05, 0.1) is 26.0 Å². The number of carbonyl (C=O) groups excluding carboxylic acids is 2. The molecule has 1 heterocycles. The van der Waals surface area contributed by atoms with Crippen LogP contribution in [0.3, 0.4) is 0 Å². The Balaban J connectivity index is 1.43. The number of fused-ring (bicyclic) bond motifs is 1. The van der Waals surface area contributed by atoms with Crippen LogP contribution in [0.1, 0.15) is 21.5 Å². The highest BCUT2D eigenvalue weighted by Crippen LogP contribution is 2.22. The van der Waals surface area contributed by atoms with E-state index in [1.807, 2.05) is 48.7 Å². The van der Waals surface area contributed by atoms with Crippen LogP contribution in [0.5, 0.6) is 11.5 Å². The van der Waals surface area contributed by atoms with Gasteiger partial charge in [0, 0.05) is 29.2 Å². The van der Waals surface area contributed by atoms with E-state index in [1.54, 1.807) is 43.7 Å². The first-order valence-electron chi connectivity index (χ1n) is 10.9. The first-order valence-corrected chi connectivity index (χ1v) is 10.9. The van der Waals surface area contributed by atoms with Crippen molar-refractivity contribution in [1.82, 2.24) is 9.99 Å². The topological polar surface area (TPSA) is 91.2 Å². The van der Waals surface area contributed by atoms with Crippen molar-refractivity contribution in [1.29, 1.82) is 0 Å². The van der Waals surface area contributed by atoms with Gasteiger partial charge in [-0.2, -0.15) is 5.10 Å². The van der Waals surface area contributed by atoms with Crippen molar-refractivity contribution in [3.8, 4) is 11.5 Å². The van der Waals surface area contributed by atoms with E-state index in [-0.39, 0.29) is 18.5 Å². The van der Waals surface area contributed by atoms with Crippen molar-refractivity contribution in [2.75, 3.05) is 20.8 Å². The maximum Gasteiger partial charge on any atom is 0.337 e. The molecule has 35 heavy (non-hydrogen) atoms. The first kappa shape index (κ1) is 23.6. The summed E-state index contributed by atoms with van der Waals surface area (Å²) in [6.07, 6.45) is 3.56. The van der Waals surface area contributed by atoms with Gasteiger partial charge in [-0.1, -0.05) is 30.3 Å². The number of hydrazone groups is 1. The minimum absolute atomic E-state index is 0.165. The highest BCUT2D eigenvalue weighted by molar-refractivity contribution is 5.99. The minimum Gasteiger partial charge on any atom is -0.497 e. The van der Waals surface area contributed by atoms with Crippen LogP contribution in [0.15, 0.2) is 84.1 Å². The van der Waals surface area contributed by atoms with Gasteiger partial charge >= 0.3 is 5.97 Å². The van der Waals surface area contributed by atoms with Gasteiger partial charge in [-0.05, 0) is 48.0 Å². The van der Waals surface area contributed by atoms with Gasteiger partial charge in [-0.25, -0.2) is 10.2 Å². The first-order chi connectivity index (χ1) is 17.1. The van der Waals surface area contributed by atoms with E-state index in [4.69, 9.17) is 14.2 Å². The van der Waals surface area contributed by atoms with Gasteiger partial charge in [-0.15, -0.1) is 0 Å². The van der Waals surface area contributed by atoms with Crippen LogP contribution in [-0.2, 0) is 16.1 Å². The Hall–Kier alpha value is -4.59. The molecule has 3 aromatic carbocycles. The molecule has 1 amide bonds. The van der Waals surface area contributed by atoms with Gasteiger partial charge in [0.25, 0.3) is 5.91 Å². The van der Waals surface area contributed by atoms with Gasteiger partial charge < -0.3 is 18.8 Å². The van der Waals surface area contributed by atoms with E-state index >= 15 is 0 Å². The molecule has 0 aliphatic rings. The highest BCUT2D eigenvalue weighted by Gasteiger charge is 2.10. The smallest absolute Gasteiger partial charge is 0.337 e. The molecule has 0 fully saturated rings. The molecule has 8 nitrogen and oxygen atoms in total. The minimum atomic E-state index is -0.375. The summed E-state index contributed by atoms with van der Waals surface area (Å²) >= 11 is 0. The van der Waals surface area contributed by atoms with E-state index in [2.05, 4.69) is 15.1 Å². The molecule has 0 unspecified atom stereocenters. The van der Waals surface area contributed by atoms with Crippen molar-refractivity contribution in [2.45, 2.75) is 6.54 Å². The third-order valence-electron chi connectivity index (χ3n) is 5.34. The lowest BCUT2D eigenvalue weighted by Crippen LogP contribution is -2.24. The Morgan fingerprint density at radius 3 is 2.51 bits per heavy atom. The molecule has 0 bridgehead atoms. The van der Waals surface area contributed by atoms with Crippen LogP contribution < -0.4 is 14.9 Å². The Labute approximate surface area is 202 Å². The molecule has 8 heteroatoms. The average Bonchev–Trinajstić information content (AvgIpc) is 3.24. The zero-order valence-electron chi connectivity index (χ0n) is 19.4. The van der Waals surface area contributed by atoms with Crippen molar-refractivity contribution >= 4 is 29.0 Å². The van der Waals surface area contributed by atoms with Crippen LogP contribution in [0, 0.1) is 0 Å². The second-order valence-corrected chi connectivity index (χ2v) is 7.68. The summed E-state index contributed by atoms with van der Waals surface area (Å²) in [7, 11) is 2.95. The second kappa shape index (κ2) is 11.0. The number of carbonyl (C=O) groups is 2. The van der Waals surface area contributed by atoms with Crippen molar-refractivity contribution in [3.05, 3.63) is 95.7 Å². The normalized spacial score (nSPS) is 10.9. The SMILES string of the molecule is COC(=O)c1cccc(Cn2cc(/C=N/NC(=O)COc3ccc(OC)cc3)c3ccccc32)c1. The standard InChI is InChI=1S/C27H25N3O5/c1-33-22-10-12-23(13-11-22)35-18-26(31)29-28-15-21-17-30(25-9-4-3-8-24(21)25)16-19-6-5-7-20(14-19)27(32)34-2/h3-15,17H,16,18H2,1-2H3,(H,29,31)/b28-15+. The number of benzene rings is 3. The van der Waals surface area contributed by atoms with Crippen molar-refractivity contribution < 1.29 is 23.8 Å². The summed E-state index contributed by atoms with van der Waals surface area (Å²) in [5.74, 6) is 0.523. The highest BCUT2D eigenvalue weighted by atomic mass is 16.5. The van der Waals surface area contributed by atoms with E-state index < -0.39 is 0 Å². The predicted octanol–water partition coefficient (Wildman–Crippen LogP) is 4.01. The molecule has 0 saturated carbocycles. The second-order valence-electron chi connectivity index (χ2n) is 7.68. The Morgan fingerprint density at radius 1 is 0.971 bits per heavy atom. The third-order valence-corrected chi connectivity index (χ3v) is 5.34. The fourth-order valence-electron chi connectivity index (χ4n) is 3.65. The van der Waals surface area contributed by atoms with E-state index in [9.17, 15) is 9.59 Å². The molecular weight excluding hydrogens is 446 g/mol. The molecule has 1 aromatic heterocycles. The summed E-state index contributed by atoms with van der Waals surface area (Å²) in [6, 6.07) is 22.2. The third kappa shape index (κ3) is 5.86. The van der Waals surface area contributed by atoms with Crippen LogP contribution in [0.4, 0.5) is 0 Å². The average molecular weight is 472 g/mol. The molecule has 0 spiro atoms. The van der Waals surface area contributed by atoms with Crippen LogP contribution >= 0.6 is 0 Å². The Bertz CT molecular complexity index is 1360. The van der Waals surface area contributed by atoms with Crippen molar-refractivity contribution in [2.24, 2.45) is 5.10 Å². The number of hydrogen-bond donors (Lipinski definition) is 1. The summed E-state index contributed by atoms with van der Waals surface area (Å²) < 4.78 is 17.5. The number of ether oxygens (including phenoxy) is 3. The molecule has 4 rings (SSSR count). The quantitative estimate of drug-likeness (QED) is 0.226. The maximum atomic E-state index is 12.1.